The van der Waals surface area contributed by atoms with Crippen LogP contribution in [0, 0.1) is 11.3 Å². The average molecular weight is 428 g/mol. The highest BCUT2D eigenvalue weighted by molar-refractivity contribution is 7.99. The average Bonchev–Trinajstić information content (AvgIpc) is 2.84. The van der Waals surface area contributed by atoms with Crippen molar-refractivity contribution >= 4 is 23.4 Å². The molecule has 1 aliphatic rings. The molecule has 0 bridgehead atoms. The van der Waals surface area contributed by atoms with Crippen molar-refractivity contribution in [1.29, 1.82) is 5.26 Å². The summed E-state index contributed by atoms with van der Waals surface area (Å²) in [6.07, 6.45) is 1.02. The van der Waals surface area contributed by atoms with Crippen LogP contribution in [0.5, 0.6) is 0 Å². The molecule has 0 radical (unpaired) electrons. The molecule has 4 rings (SSSR count). The first-order valence-electron chi connectivity index (χ1n) is 10.5. The summed E-state index contributed by atoms with van der Waals surface area (Å²) in [5, 5.41) is 12.4. The van der Waals surface area contributed by atoms with Gasteiger partial charge in [-0.25, -0.2) is 0 Å². The molecule has 0 atom stereocenters. The van der Waals surface area contributed by atoms with Crippen molar-refractivity contribution in [3.05, 3.63) is 89.5 Å². The molecule has 31 heavy (non-hydrogen) atoms. The number of hydrogen-bond donors (Lipinski definition) is 1. The number of benzene rings is 3. The lowest BCUT2D eigenvalue weighted by atomic mass is 9.95. The maximum atomic E-state index is 13.0. The van der Waals surface area contributed by atoms with Crippen LogP contribution < -0.4 is 5.32 Å². The van der Waals surface area contributed by atoms with E-state index in [4.69, 9.17) is 0 Å². The molecule has 0 aromatic heterocycles. The van der Waals surface area contributed by atoms with Crippen LogP contribution >= 0.6 is 11.8 Å². The summed E-state index contributed by atoms with van der Waals surface area (Å²) < 4.78 is 0. The quantitative estimate of drug-likeness (QED) is 0.597. The number of rotatable bonds is 6. The highest BCUT2D eigenvalue weighted by Gasteiger charge is 2.15. The van der Waals surface area contributed by atoms with Crippen molar-refractivity contribution in [2.75, 3.05) is 36.5 Å². The smallest absolute Gasteiger partial charge is 0.256 e. The number of nitrogens with zero attached hydrogens (tertiary/aromatic N) is 2. The van der Waals surface area contributed by atoms with Gasteiger partial charge >= 0.3 is 0 Å². The monoisotopic (exact) mass is 427 g/mol. The van der Waals surface area contributed by atoms with Crippen LogP contribution in [0.4, 0.5) is 5.69 Å². The third kappa shape index (κ3) is 5.35. The third-order valence-corrected chi connectivity index (χ3v) is 6.48. The summed E-state index contributed by atoms with van der Waals surface area (Å²) in [6, 6.07) is 25.1. The fourth-order valence-electron chi connectivity index (χ4n) is 3.80. The van der Waals surface area contributed by atoms with Crippen LogP contribution in [0.3, 0.4) is 0 Å². The molecule has 1 amide bonds. The molecule has 0 aliphatic carbocycles. The van der Waals surface area contributed by atoms with Gasteiger partial charge in [0.2, 0.25) is 0 Å². The largest absolute Gasteiger partial charge is 0.322 e. The molecule has 3 aromatic carbocycles. The summed E-state index contributed by atoms with van der Waals surface area (Å²) >= 11 is 2.03. The molecule has 4 nitrogen and oxygen atoms in total. The van der Waals surface area contributed by atoms with Crippen molar-refractivity contribution in [1.82, 2.24) is 4.90 Å². The first kappa shape index (κ1) is 21.2. The Morgan fingerprint density at radius 3 is 2.35 bits per heavy atom. The first-order valence-corrected chi connectivity index (χ1v) is 11.7. The minimum absolute atomic E-state index is 0.179. The van der Waals surface area contributed by atoms with Gasteiger partial charge in [0, 0.05) is 48.0 Å². The van der Waals surface area contributed by atoms with Gasteiger partial charge in [-0.15, -0.1) is 0 Å². The Morgan fingerprint density at radius 2 is 1.61 bits per heavy atom. The minimum Gasteiger partial charge on any atom is -0.322 e. The molecule has 1 N–H and O–H groups in total. The van der Waals surface area contributed by atoms with Gasteiger partial charge in [-0.05, 0) is 41.8 Å². The van der Waals surface area contributed by atoms with Crippen LogP contribution in [0.25, 0.3) is 11.1 Å². The summed E-state index contributed by atoms with van der Waals surface area (Å²) in [4.78, 5) is 15.5. The van der Waals surface area contributed by atoms with Crippen molar-refractivity contribution in [2.24, 2.45) is 0 Å². The number of thioether (sulfide) groups is 1. The van der Waals surface area contributed by atoms with Crippen molar-refractivity contribution < 1.29 is 4.79 Å². The van der Waals surface area contributed by atoms with Crippen molar-refractivity contribution in [3.8, 4) is 17.2 Å². The van der Waals surface area contributed by atoms with Gasteiger partial charge in [0.1, 0.15) is 0 Å². The number of nitrogens with one attached hydrogen (secondary N) is 1. The fraction of sp³-hybridized carbons (Fsp3) is 0.231. The zero-order valence-electron chi connectivity index (χ0n) is 17.4. The van der Waals surface area contributed by atoms with Crippen molar-refractivity contribution in [2.45, 2.75) is 6.42 Å². The normalized spacial score (nSPS) is 14.0. The van der Waals surface area contributed by atoms with Gasteiger partial charge in [-0.2, -0.15) is 17.0 Å². The molecule has 1 fully saturated rings. The number of carbonyl (C=O) groups excluding carboxylic acids is 1. The molecular weight excluding hydrogens is 402 g/mol. The van der Waals surface area contributed by atoms with Gasteiger partial charge < -0.3 is 10.2 Å². The summed E-state index contributed by atoms with van der Waals surface area (Å²) in [7, 11) is 0. The standard InChI is InChI=1S/C26H25N3OS/c27-19-21-5-1-2-6-23(21)24-7-3-4-8-25(24)26(30)28-22-11-9-20(10-12-22)13-14-29-15-17-31-18-16-29/h1-12H,13-18H2,(H,28,30). The molecular formula is C26H25N3OS. The molecule has 3 aromatic rings. The van der Waals surface area contributed by atoms with E-state index in [2.05, 4.69) is 28.4 Å². The van der Waals surface area contributed by atoms with Gasteiger partial charge in [-0.3, -0.25) is 4.79 Å². The van der Waals surface area contributed by atoms with Crippen LogP contribution in [0.15, 0.2) is 72.8 Å². The number of carbonyl (C=O) groups is 1. The van der Waals surface area contributed by atoms with Gasteiger partial charge in [0.15, 0.2) is 0 Å². The number of amides is 1. The van der Waals surface area contributed by atoms with E-state index in [1.165, 1.54) is 30.2 Å². The predicted molar refractivity (Wildman–Crippen MR) is 128 cm³/mol. The van der Waals surface area contributed by atoms with Crippen LogP contribution in [-0.2, 0) is 6.42 Å². The summed E-state index contributed by atoms with van der Waals surface area (Å²) in [5.41, 5.74) is 4.68. The molecule has 0 spiro atoms. The Balaban J connectivity index is 1.45. The second-order valence-corrected chi connectivity index (χ2v) is 8.78. The van der Waals surface area contributed by atoms with Gasteiger partial charge in [0.25, 0.3) is 5.91 Å². The van der Waals surface area contributed by atoms with E-state index in [0.29, 0.717) is 11.1 Å². The Kier molecular flexibility index (Phi) is 7.03. The highest BCUT2D eigenvalue weighted by Crippen LogP contribution is 2.27. The Hall–Kier alpha value is -3.07. The third-order valence-electron chi connectivity index (χ3n) is 5.54. The van der Waals surface area contributed by atoms with E-state index in [9.17, 15) is 10.1 Å². The highest BCUT2D eigenvalue weighted by atomic mass is 32.2. The minimum atomic E-state index is -0.179. The molecule has 0 unspecified atom stereocenters. The SMILES string of the molecule is N#Cc1ccccc1-c1ccccc1C(=O)Nc1ccc(CCN2CCSCC2)cc1. The van der Waals surface area contributed by atoms with Crippen LogP contribution in [-0.4, -0.2) is 41.9 Å². The lowest BCUT2D eigenvalue weighted by Gasteiger charge is -2.26. The fourth-order valence-corrected chi connectivity index (χ4v) is 4.78. The van der Waals surface area contributed by atoms with E-state index in [-0.39, 0.29) is 5.91 Å². The van der Waals surface area contributed by atoms with Crippen molar-refractivity contribution in [3.63, 3.8) is 0 Å². The molecule has 1 heterocycles. The van der Waals surface area contributed by atoms with Gasteiger partial charge in [0.05, 0.1) is 11.6 Å². The number of anilines is 1. The lowest BCUT2D eigenvalue weighted by molar-refractivity contribution is 0.102. The maximum Gasteiger partial charge on any atom is 0.256 e. The van der Waals surface area contributed by atoms with E-state index < -0.39 is 0 Å². The molecule has 156 valence electrons. The summed E-state index contributed by atoms with van der Waals surface area (Å²) in [6.45, 7) is 3.43. The lowest BCUT2D eigenvalue weighted by Crippen LogP contribution is -2.34. The second kappa shape index (κ2) is 10.3. The van der Waals surface area contributed by atoms with E-state index >= 15 is 0 Å². The van der Waals surface area contributed by atoms with E-state index in [1.54, 1.807) is 12.1 Å². The topological polar surface area (TPSA) is 56.1 Å². The molecule has 1 saturated heterocycles. The zero-order chi connectivity index (χ0) is 21.5. The zero-order valence-corrected chi connectivity index (χ0v) is 18.2. The Bertz CT molecular complexity index is 1080. The van der Waals surface area contributed by atoms with Gasteiger partial charge in [-0.1, -0.05) is 48.5 Å². The predicted octanol–water partition coefficient (Wildman–Crippen LogP) is 5.07. The maximum absolute atomic E-state index is 13.0. The number of hydrogen-bond acceptors (Lipinski definition) is 4. The molecule has 1 aliphatic heterocycles. The molecule has 0 saturated carbocycles. The summed E-state index contributed by atoms with van der Waals surface area (Å²) in [5.74, 6) is 2.28. The Morgan fingerprint density at radius 1 is 0.935 bits per heavy atom. The second-order valence-electron chi connectivity index (χ2n) is 7.56. The van der Waals surface area contributed by atoms with E-state index in [1.807, 2.05) is 60.3 Å². The van der Waals surface area contributed by atoms with E-state index in [0.717, 1.165) is 29.8 Å². The molecule has 5 heteroatoms. The first-order chi connectivity index (χ1) is 15.2. The van der Waals surface area contributed by atoms with Crippen LogP contribution in [0.1, 0.15) is 21.5 Å². The number of nitriles is 1. The van der Waals surface area contributed by atoms with Crippen LogP contribution in [0.2, 0.25) is 0 Å². The Labute approximate surface area is 187 Å².